The van der Waals surface area contributed by atoms with Crippen LogP contribution >= 0.6 is 0 Å². The molecular weight excluding hydrogens is 468 g/mol. The summed E-state index contributed by atoms with van der Waals surface area (Å²) in [6, 6.07) is 16.9. The molecule has 0 aliphatic heterocycles. The zero-order chi connectivity index (χ0) is 25.8. The lowest BCUT2D eigenvalue weighted by molar-refractivity contribution is -0.386. The van der Waals surface area contributed by atoms with Gasteiger partial charge in [-0.2, -0.15) is 0 Å². The van der Waals surface area contributed by atoms with Gasteiger partial charge in [-0.05, 0) is 34.4 Å². The van der Waals surface area contributed by atoms with Gasteiger partial charge < -0.3 is 24.6 Å². The molecule has 186 valence electrons. The van der Waals surface area contributed by atoms with Crippen LogP contribution in [0.3, 0.4) is 0 Å². The van der Waals surface area contributed by atoms with E-state index in [9.17, 15) is 24.8 Å². The summed E-state index contributed by atoms with van der Waals surface area (Å²) in [5, 5.41) is 23.7. The number of nitro groups is 1. The highest BCUT2D eigenvalue weighted by Gasteiger charge is 2.32. The minimum absolute atomic E-state index is 0.00513. The number of rotatable bonds is 9. The molecule has 1 amide bonds. The van der Waals surface area contributed by atoms with Gasteiger partial charge in [-0.15, -0.1) is 0 Å². The normalized spacial score (nSPS) is 12.7. The van der Waals surface area contributed by atoms with Gasteiger partial charge in [-0.25, -0.2) is 9.59 Å². The average Bonchev–Trinajstić information content (AvgIpc) is 3.20. The first kappa shape index (κ1) is 24.5. The first-order valence-corrected chi connectivity index (χ1v) is 11.1. The fraction of sp³-hybridized carbons (Fsp3) is 0.231. The molecule has 0 aromatic heterocycles. The molecule has 3 aromatic carbocycles. The molecule has 36 heavy (non-hydrogen) atoms. The molecule has 1 aliphatic carbocycles. The number of fused-ring (bicyclic) bond motifs is 3. The van der Waals surface area contributed by atoms with Crippen molar-refractivity contribution in [2.45, 2.75) is 18.4 Å². The number of nitro benzene ring substituents is 1. The lowest BCUT2D eigenvalue weighted by atomic mass is 9.98. The van der Waals surface area contributed by atoms with Crippen LogP contribution in [0.1, 0.15) is 22.6 Å². The monoisotopic (exact) mass is 492 g/mol. The van der Waals surface area contributed by atoms with Crippen LogP contribution in [0.5, 0.6) is 11.5 Å². The van der Waals surface area contributed by atoms with Gasteiger partial charge in [0.1, 0.15) is 18.4 Å². The first-order valence-electron chi connectivity index (χ1n) is 11.1. The van der Waals surface area contributed by atoms with E-state index >= 15 is 0 Å². The van der Waals surface area contributed by atoms with E-state index in [2.05, 4.69) is 5.32 Å². The van der Waals surface area contributed by atoms with Crippen molar-refractivity contribution in [3.8, 4) is 22.6 Å². The fourth-order valence-corrected chi connectivity index (χ4v) is 4.54. The molecule has 2 N–H and O–H groups in total. The standard InChI is InChI=1S/C26H24N2O8/c1-34-22-11-12-23(35-2)24(28(32)33)19(22)13-21(25(29)30)27-26(31)36-14-20-17-9-5-3-7-15(17)16-8-4-6-10-18(16)20/h3-12,20-21H,13-14H2,1-2H3,(H,27,31)(H,29,30). The summed E-state index contributed by atoms with van der Waals surface area (Å²) in [5.74, 6) is -1.54. The molecule has 0 spiro atoms. The zero-order valence-electron chi connectivity index (χ0n) is 19.6. The summed E-state index contributed by atoms with van der Waals surface area (Å²) in [6.07, 6.45) is -1.37. The molecule has 4 rings (SSSR count). The van der Waals surface area contributed by atoms with Crippen LogP contribution in [-0.2, 0) is 16.0 Å². The Balaban J connectivity index is 1.52. The maximum atomic E-state index is 12.6. The number of carboxylic acid groups (broad SMARTS) is 1. The minimum Gasteiger partial charge on any atom is -0.496 e. The molecule has 1 atom stereocenters. The van der Waals surface area contributed by atoms with Crippen molar-refractivity contribution >= 4 is 17.7 Å². The quantitative estimate of drug-likeness (QED) is 0.336. The smallest absolute Gasteiger partial charge is 0.407 e. The molecule has 0 radical (unpaired) electrons. The number of nitrogens with zero attached hydrogens (tertiary/aromatic N) is 1. The molecule has 0 bridgehead atoms. The topological polar surface area (TPSA) is 137 Å². The Morgan fingerprint density at radius 1 is 0.972 bits per heavy atom. The highest BCUT2D eigenvalue weighted by atomic mass is 16.6. The van der Waals surface area contributed by atoms with E-state index in [1.165, 1.54) is 26.4 Å². The second-order valence-electron chi connectivity index (χ2n) is 8.12. The molecular formula is C26H24N2O8. The van der Waals surface area contributed by atoms with Gasteiger partial charge in [0.2, 0.25) is 0 Å². The van der Waals surface area contributed by atoms with Crippen LogP contribution in [-0.4, -0.2) is 49.0 Å². The Bertz CT molecular complexity index is 1280. The number of nitrogens with one attached hydrogen (secondary N) is 1. The minimum atomic E-state index is -1.51. The van der Waals surface area contributed by atoms with E-state index in [0.29, 0.717) is 0 Å². The van der Waals surface area contributed by atoms with Crippen molar-refractivity contribution in [3.63, 3.8) is 0 Å². The SMILES string of the molecule is COc1ccc(OC)c([N+](=O)[O-])c1CC(NC(=O)OCC1c2ccccc2-c2ccccc21)C(=O)O. The second-order valence-corrected chi connectivity index (χ2v) is 8.12. The third-order valence-corrected chi connectivity index (χ3v) is 6.17. The van der Waals surface area contributed by atoms with E-state index < -0.39 is 35.1 Å². The van der Waals surface area contributed by atoms with Gasteiger partial charge >= 0.3 is 17.7 Å². The summed E-state index contributed by atoms with van der Waals surface area (Å²) in [4.78, 5) is 35.6. The van der Waals surface area contributed by atoms with Gasteiger partial charge in [0, 0.05) is 12.3 Å². The van der Waals surface area contributed by atoms with Crippen LogP contribution < -0.4 is 14.8 Å². The van der Waals surface area contributed by atoms with Crippen LogP contribution in [0, 0.1) is 10.1 Å². The largest absolute Gasteiger partial charge is 0.496 e. The predicted octanol–water partition coefficient (Wildman–Crippen LogP) is 4.15. The van der Waals surface area contributed by atoms with Gasteiger partial charge in [0.05, 0.1) is 24.7 Å². The van der Waals surface area contributed by atoms with E-state index in [1.54, 1.807) is 0 Å². The van der Waals surface area contributed by atoms with Crippen molar-refractivity contribution in [2.24, 2.45) is 0 Å². The molecule has 0 saturated carbocycles. The number of methoxy groups -OCH3 is 2. The van der Waals surface area contributed by atoms with Crippen molar-refractivity contribution in [1.82, 2.24) is 5.32 Å². The highest BCUT2D eigenvalue weighted by Crippen LogP contribution is 2.44. The maximum absolute atomic E-state index is 12.6. The third kappa shape index (κ3) is 4.65. The number of carbonyl (C=O) groups is 2. The molecule has 0 fully saturated rings. The second kappa shape index (κ2) is 10.3. The highest BCUT2D eigenvalue weighted by molar-refractivity contribution is 5.81. The van der Waals surface area contributed by atoms with Crippen LogP contribution in [0.2, 0.25) is 0 Å². The number of hydrogen-bond acceptors (Lipinski definition) is 7. The molecule has 3 aromatic rings. The number of benzene rings is 3. The van der Waals surface area contributed by atoms with Crippen molar-refractivity contribution in [3.05, 3.63) is 87.5 Å². The van der Waals surface area contributed by atoms with Crippen molar-refractivity contribution in [2.75, 3.05) is 20.8 Å². The van der Waals surface area contributed by atoms with Gasteiger partial charge in [-0.3, -0.25) is 10.1 Å². The van der Waals surface area contributed by atoms with E-state index in [-0.39, 0.29) is 29.6 Å². The predicted molar refractivity (Wildman–Crippen MR) is 130 cm³/mol. The Morgan fingerprint density at radius 3 is 2.06 bits per heavy atom. The number of carboxylic acids is 1. The zero-order valence-corrected chi connectivity index (χ0v) is 19.6. The fourth-order valence-electron chi connectivity index (χ4n) is 4.54. The number of ether oxygens (including phenoxy) is 3. The maximum Gasteiger partial charge on any atom is 0.407 e. The summed E-state index contributed by atoms with van der Waals surface area (Å²) in [5.41, 5.74) is 3.69. The molecule has 1 unspecified atom stereocenters. The molecule has 0 saturated heterocycles. The summed E-state index contributed by atoms with van der Waals surface area (Å²) in [6.45, 7) is -0.00513. The number of hydrogen-bond donors (Lipinski definition) is 2. The van der Waals surface area contributed by atoms with E-state index in [4.69, 9.17) is 14.2 Å². The average molecular weight is 492 g/mol. The third-order valence-electron chi connectivity index (χ3n) is 6.17. The Kier molecular flexibility index (Phi) is 7.05. The van der Waals surface area contributed by atoms with Crippen molar-refractivity contribution < 1.29 is 33.8 Å². The Morgan fingerprint density at radius 2 is 1.53 bits per heavy atom. The van der Waals surface area contributed by atoms with Crippen molar-refractivity contribution in [1.29, 1.82) is 0 Å². The lowest BCUT2D eigenvalue weighted by Crippen LogP contribution is -2.43. The first-order chi connectivity index (χ1) is 17.3. The Labute approximate surface area is 206 Å². The molecule has 10 heteroatoms. The van der Waals surface area contributed by atoms with E-state index in [1.807, 2.05) is 48.5 Å². The van der Waals surface area contributed by atoms with Gasteiger partial charge in [0.25, 0.3) is 0 Å². The number of amides is 1. The number of carbonyl (C=O) groups excluding carboxylic acids is 1. The molecule has 0 heterocycles. The van der Waals surface area contributed by atoms with Crippen LogP contribution in [0.4, 0.5) is 10.5 Å². The lowest BCUT2D eigenvalue weighted by Gasteiger charge is -2.19. The Hall–Kier alpha value is -4.60. The summed E-state index contributed by atoms with van der Waals surface area (Å²) < 4.78 is 15.7. The van der Waals surface area contributed by atoms with E-state index in [0.717, 1.165) is 22.3 Å². The van der Waals surface area contributed by atoms with Gasteiger partial charge in [-0.1, -0.05) is 48.5 Å². The van der Waals surface area contributed by atoms with Crippen LogP contribution in [0.15, 0.2) is 60.7 Å². The number of alkyl carbamates (subject to hydrolysis) is 1. The summed E-state index contributed by atoms with van der Waals surface area (Å²) >= 11 is 0. The molecule has 10 nitrogen and oxygen atoms in total. The van der Waals surface area contributed by atoms with Gasteiger partial charge in [0.15, 0.2) is 5.75 Å². The molecule has 1 aliphatic rings. The van der Waals surface area contributed by atoms with Crippen LogP contribution in [0.25, 0.3) is 11.1 Å². The number of aliphatic carboxylic acids is 1. The summed E-state index contributed by atoms with van der Waals surface area (Å²) in [7, 11) is 2.58.